The Morgan fingerprint density at radius 2 is 2.00 bits per heavy atom. The van der Waals surface area contributed by atoms with Crippen LogP contribution in [0.4, 0.5) is 8.78 Å². The van der Waals surface area contributed by atoms with E-state index in [1.54, 1.807) is 6.20 Å². The highest BCUT2D eigenvalue weighted by Crippen LogP contribution is 2.31. The Morgan fingerprint density at radius 1 is 1.27 bits per heavy atom. The lowest BCUT2D eigenvalue weighted by atomic mass is 10.1. The molecule has 0 aliphatic carbocycles. The number of aromatic amines is 1. The number of rotatable bonds is 2. The first-order valence-electron chi connectivity index (χ1n) is 4.24. The van der Waals surface area contributed by atoms with Crippen molar-refractivity contribution in [3.63, 3.8) is 0 Å². The smallest absolute Gasteiger partial charge is 0.162 e. The molecule has 2 rings (SSSR count). The van der Waals surface area contributed by atoms with E-state index in [-0.39, 0.29) is 5.75 Å². The summed E-state index contributed by atoms with van der Waals surface area (Å²) >= 11 is 0. The topological polar surface area (TPSA) is 37.9 Å². The molecule has 0 saturated heterocycles. The number of methoxy groups -OCH3 is 1. The molecule has 0 bridgehead atoms. The molecule has 78 valence electrons. The van der Waals surface area contributed by atoms with Crippen molar-refractivity contribution in [1.82, 2.24) is 10.2 Å². The fourth-order valence-electron chi connectivity index (χ4n) is 1.32. The Balaban J connectivity index is 2.60. The van der Waals surface area contributed by atoms with Gasteiger partial charge in [0.2, 0.25) is 0 Å². The summed E-state index contributed by atoms with van der Waals surface area (Å²) in [5, 5.41) is 6.32. The van der Waals surface area contributed by atoms with Crippen LogP contribution in [0.3, 0.4) is 0 Å². The van der Waals surface area contributed by atoms with Crippen molar-refractivity contribution in [2.75, 3.05) is 7.11 Å². The second-order valence-electron chi connectivity index (χ2n) is 2.95. The van der Waals surface area contributed by atoms with Crippen molar-refractivity contribution >= 4 is 0 Å². The van der Waals surface area contributed by atoms with Crippen LogP contribution in [0, 0.1) is 11.6 Å². The molecule has 0 amide bonds. The number of ether oxygens (including phenoxy) is 1. The number of hydrogen-bond donors (Lipinski definition) is 1. The fraction of sp³-hybridized carbons (Fsp3) is 0.100. The molecule has 0 radical (unpaired) electrons. The maximum atomic E-state index is 13.0. The molecule has 2 aromatic rings. The standard InChI is InChI=1S/C10H8F2N2O/c1-15-10-3-9(12)8(11)2-7(10)6-4-13-14-5-6/h2-5H,1H3,(H,13,14). The molecule has 3 nitrogen and oxygen atoms in total. The normalized spacial score (nSPS) is 10.3. The first-order valence-corrected chi connectivity index (χ1v) is 4.24. The number of benzene rings is 1. The second kappa shape index (κ2) is 3.68. The van der Waals surface area contributed by atoms with E-state index in [4.69, 9.17) is 4.74 Å². The Hall–Kier alpha value is -1.91. The van der Waals surface area contributed by atoms with Gasteiger partial charge in [-0.1, -0.05) is 0 Å². The summed E-state index contributed by atoms with van der Waals surface area (Å²) in [6.45, 7) is 0. The zero-order chi connectivity index (χ0) is 10.8. The Labute approximate surface area is 84.7 Å². The van der Waals surface area contributed by atoms with Crippen molar-refractivity contribution in [1.29, 1.82) is 0 Å². The van der Waals surface area contributed by atoms with Crippen LogP contribution in [-0.4, -0.2) is 17.3 Å². The summed E-state index contributed by atoms with van der Waals surface area (Å²) in [7, 11) is 1.40. The number of H-pyrrole nitrogens is 1. The van der Waals surface area contributed by atoms with Gasteiger partial charge in [0.15, 0.2) is 11.6 Å². The van der Waals surface area contributed by atoms with Crippen LogP contribution in [0.25, 0.3) is 11.1 Å². The third-order valence-electron chi connectivity index (χ3n) is 2.05. The van der Waals surface area contributed by atoms with Gasteiger partial charge < -0.3 is 4.74 Å². The molecule has 0 unspecified atom stereocenters. The SMILES string of the molecule is COc1cc(F)c(F)cc1-c1cn[nH]c1. The summed E-state index contributed by atoms with van der Waals surface area (Å²) < 4.78 is 30.9. The van der Waals surface area contributed by atoms with E-state index < -0.39 is 11.6 Å². The summed E-state index contributed by atoms with van der Waals surface area (Å²) in [6.07, 6.45) is 3.09. The second-order valence-corrected chi connectivity index (χ2v) is 2.95. The van der Waals surface area contributed by atoms with Gasteiger partial charge in [0.05, 0.1) is 13.3 Å². The summed E-state index contributed by atoms with van der Waals surface area (Å²) in [5.74, 6) is -1.57. The van der Waals surface area contributed by atoms with Crippen LogP contribution in [-0.2, 0) is 0 Å². The highest BCUT2D eigenvalue weighted by atomic mass is 19.2. The third-order valence-corrected chi connectivity index (χ3v) is 2.05. The minimum atomic E-state index is -0.931. The van der Waals surface area contributed by atoms with Crippen molar-refractivity contribution in [3.05, 3.63) is 36.2 Å². The van der Waals surface area contributed by atoms with Crippen molar-refractivity contribution < 1.29 is 13.5 Å². The fourth-order valence-corrected chi connectivity index (χ4v) is 1.32. The van der Waals surface area contributed by atoms with Crippen LogP contribution < -0.4 is 4.74 Å². The highest BCUT2D eigenvalue weighted by Gasteiger charge is 2.12. The molecule has 1 aromatic heterocycles. The molecule has 1 heterocycles. The van der Waals surface area contributed by atoms with E-state index in [1.807, 2.05) is 0 Å². The van der Waals surface area contributed by atoms with E-state index in [0.29, 0.717) is 11.1 Å². The number of halogens is 2. The number of nitrogens with zero attached hydrogens (tertiary/aromatic N) is 1. The molecule has 0 fully saturated rings. The van der Waals surface area contributed by atoms with Crippen LogP contribution in [0.5, 0.6) is 5.75 Å². The predicted molar refractivity (Wildman–Crippen MR) is 50.5 cm³/mol. The first-order chi connectivity index (χ1) is 7.22. The van der Waals surface area contributed by atoms with E-state index in [9.17, 15) is 8.78 Å². The van der Waals surface area contributed by atoms with Crippen LogP contribution in [0.15, 0.2) is 24.5 Å². The Kier molecular flexibility index (Phi) is 2.37. The largest absolute Gasteiger partial charge is 0.496 e. The van der Waals surface area contributed by atoms with Gasteiger partial charge in [-0.15, -0.1) is 0 Å². The molecule has 1 aromatic carbocycles. The molecule has 0 aliphatic rings. The highest BCUT2D eigenvalue weighted by molar-refractivity contribution is 5.69. The monoisotopic (exact) mass is 210 g/mol. The average Bonchev–Trinajstić information content (AvgIpc) is 2.74. The molecule has 1 N–H and O–H groups in total. The lowest BCUT2D eigenvalue weighted by Crippen LogP contribution is -1.92. The van der Waals surface area contributed by atoms with Crippen LogP contribution in [0.2, 0.25) is 0 Å². The summed E-state index contributed by atoms with van der Waals surface area (Å²) in [4.78, 5) is 0. The zero-order valence-corrected chi connectivity index (χ0v) is 7.92. The van der Waals surface area contributed by atoms with Gasteiger partial charge in [0.25, 0.3) is 0 Å². The molecular formula is C10H8F2N2O. The Morgan fingerprint density at radius 3 is 2.60 bits per heavy atom. The van der Waals surface area contributed by atoms with Crippen LogP contribution >= 0.6 is 0 Å². The minimum Gasteiger partial charge on any atom is -0.496 e. The first kappa shape index (κ1) is 9.64. The minimum absolute atomic E-state index is 0.273. The molecule has 0 atom stereocenters. The van der Waals surface area contributed by atoms with Crippen molar-refractivity contribution in [2.24, 2.45) is 0 Å². The number of hydrogen-bond acceptors (Lipinski definition) is 2. The number of nitrogens with one attached hydrogen (secondary N) is 1. The average molecular weight is 210 g/mol. The van der Waals surface area contributed by atoms with Gasteiger partial charge in [-0.2, -0.15) is 5.10 Å². The van der Waals surface area contributed by atoms with Gasteiger partial charge in [0, 0.05) is 23.4 Å². The lowest BCUT2D eigenvalue weighted by molar-refractivity contribution is 0.408. The number of aromatic nitrogens is 2. The third kappa shape index (κ3) is 1.68. The predicted octanol–water partition coefficient (Wildman–Crippen LogP) is 2.36. The van der Waals surface area contributed by atoms with Crippen LogP contribution in [0.1, 0.15) is 0 Å². The molecule has 0 saturated carbocycles. The van der Waals surface area contributed by atoms with E-state index in [1.165, 1.54) is 13.3 Å². The molecular weight excluding hydrogens is 202 g/mol. The quantitative estimate of drug-likeness (QED) is 0.826. The molecule has 15 heavy (non-hydrogen) atoms. The maximum Gasteiger partial charge on any atom is 0.162 e. The van der Waals surface area contributed by atoms with Gasteiger partial charge in [-0.05, 0) is 6.07 Å². The summed E-state index contributed by atoms with van der Waals surface area (Å²) in [6, 6.07) is 2.09. The lowest BCUT2D eigenvalue weighted by Gasteiger charge is -2.06. The van der Waals surface area contributed by atoms with Crippen molar-refractivity contribution in [3.8, 4) is 16.9 Å². The van der Waals surface area contributed by atoms with Crippen molar-refractivity contribution in [2.45, 2.75) is 0 Å². The van der Waals surface area contributed by atoms with E-state index in [0.717, 1.165) is 12.1 Å². The molecule has 0 spiro atoms. The van der Waals surface area contributed by atoms with Gasteiger partial charge in [-0.3, -0.25) is 5.10 Å². The van der Waals surface area contributed by atoms with Gasteiger partial charge in [0.1, 0.15) is 5.75 Å². The zero-order valence-electron chi connectivity index (χ0n) is 7.92. The molecule has 0 aliphatic heterocycles. The van der Waals surface area contributed by atoms with E-state index in [2.05, 4.69) is 10.2 Å². The Bertz CT molecular complexity index is 469. The molecule has 5 heteroatoms. The van der Waals surface area contributed by atoms with Gasteiger partial charge in [-0.25, -0.2) is 8.78 Å². The van der Waals surface area contributed by atoms with Gasteiger partial charge >= 0.3 is 0 Å². The maximum absolute atomic E-state index is 13.0. The summed E-state index contributed by atoms with van der Waals surface area (Å²) in [5.41, 5.74) is 1.11. The van der Waals surface area contributed by atoms with E-state index >= 15 is 0 Å².